The number of carbonyl (C=O) groups excluding carboxylic acids is 2. The maximum absolute atomic E-state index is 12.8. The molecule has 25 heavy (non-hydrogen) atoms. The lowest BCUT2D eigenvalue weighted by molar-refractivity contribution is -0.132. The minimum atomic E-state index is -0.0947. The molecule has 5 nitrogen and oxygen atoms in total. The quantitative estimate of drug-likeness (QED) is 0.799. The van der Waals surface area contributed by atoms with Gasteiger partial charge in [0.15, 0.2) is 6.61 Å². The van der Waals surface area contributed by atoms with Crippen molar-refractivity contribution in [3.63, 3.8) is 0 Å². The summed E-state index contributed by atoms with van der Waals surface area (Å²) in [5, 5.41) is 2.04. The molecule has 0 saturated heterocycles. The highest BCUT2D eigenvalue weighted by Gasteiger charge is 2.33. The maximum atomic E-state index is 12.8. The molecule has 130 valence electrons. The summed E-state index contributed by atoms with van der Waals surface area (Å²) in [6.45, 7) is 1.10. The third kappa shape index (κ3) is 3.54. The second-order valence-electron chi connectivity index (χ2n) is 6.38. The van der Waals surface area contributed by atoms with Crippen LogP contribution in [0.2, 0.25) is 0 Å². The Morgan fingerprint density at radius 3 is 2.84 bits per heavy atom. The van der Waals surface area contributed by atoms with Crippen molar-refractivity contribution in [1.29, 1.82) is 0 Å². The van der Waals surface area contributed by atoms with Crippen molar-refractivity contribution in [1.82, 2.24) is 4.90 Å². The van der Waals surface area contributed by atoms with Gasteiger partial charge in [-0.15, -0.1) is 11.3 Å². The summed E-state index contributed by atoms with van der Waals surface area (Å²) in [6.07, 6.45) is 2.49. The second kappa shape index (κ2) is 6.88. The van der Waals surface area contributed by atoms with Crippen LogP contribution in [-0.4, -0.2) is 35.9 Å². The Balaban J connectivity index is 1.43. The van der Waals surface area contributed by atoms with E-state index in [4.69, 9.17) is 4.74 Å². The van der Waals surface area contributed by atoms with Gasteiger partial charge in [0.25, 0.3) is 5.91 Å². The van der Waals surface area contributed by atoms with E-state index in [1.807, 2.05) is 40.6 Å². The van der Waals surface area contributed by atoms with E-state index < -0.39 is 0 Å². The van der Waals surface area contributed by atoms with Crippen LogP contribution in [0.1, 0.15) is 24.1 Å². The topological polar surface area (TPSA) is 49.9 Å². The molecule has 0 unspecified atom stereocenters. The second-order valence-corrected chi connectivity index (χ2v) is 7.42. The van der Waals surface area contributed by atoms with Gasteiger partial charge in [0, 0.05) is 23.9 Å². The highest BCUT2D eigenvalue weighted by molar-refractivity contribution is 7.09. The van der Waals surface area contributed by atoms with Gasteiger partial charge >= 0.3 is 0 Å². The highest BCUT2D eigenvalue weighted by Crippen LogP contribution is 2.33. The first kappa shape index (κ1) is 16.1. The number of benzene rings is 1. The molecule has 2 aliphatic rings. The van der Waals surface area contributed by atoms with Crippen molar-refractivity contribution in [2.45, 2.75) is 31.8 Å². The van der Waals surface area contributed by atoms with Gasteiger partial charge in [-0.05, 0) is 36.4 Å². The molecule has 1 aromatic heterocycles. The molecule has 0 atom stereocenters. The molecule has 6 heteroatoms. The Bertz CT molecular complexity index is 771. The number of ether oxygens (including phenoxy) is 1. The third-order valence-corrected chi connectivity index (χ3v) is 5.43. The Morgan fingerprint density at radius 2 is 2.08 bits per heavy atom. The molecule has 1 aliphatic carbocycles. The minimum Gasteiger partial charge on any atom is -0.482 e. The zero-order chi connectivity index (χ0) is 17.2. The molecule has 0 radical (unpaired) electrons. The normalized spacial score (nSPS) is 16.3. The van der Waals surface area contributed by atoms with Crippen molar-refractivity contribution < 1.29 is 14.3 Å². The molecule has 1 aliphatic heterocycles. The fourth-order valence-corrected chi connectivity index (χ4v) is 3.83. The molecule has 1 saturated carbocycles. The minimum absolute atomic E-state index is 0.0345. The zero-order valence-corrected chi connectivity index (χ0v) is 14.7. The molecular formula is C19H20N2O3S. The number of hydrogen-bond donors (Lipinski definition) is 0. The molecular weight excluding hydrogens is 336 g/mol. The highest BCUT2D eigenvalue weighted by atomic mass is 32.1. The number of rotatable bonds is 6. The van der Waals surface area contributed by atoms with Crippen LogP contribution in [0.15, 0.2) is 41.8 Å². The van der Waals surface area contributed by atoms with E-state index in [0.29, 0.717) is 31.3 Å². The van der Waals surface area contributed by atoms with Crippen LogP contribution in [0.4, 0.5) is 5.69 Å². The van der Waals surface area contributed by atoms with E-state index in [-0.39, 0.29) is 18.4 Å². The summed E-state index contributed by atoms with van der Waals surface area (Å²) in [5.74, 6) is 0.725. The van der Waals surface area contributed by atoms with Gasteiger partial charge in [-0.1, -0.05) is 18.2 Å². The molecule has 4 rings (SSSR count). The average molecular weight is 356 g/mol. The fourth-order valence-electron chi connectivity index (χ4n) is 3.13. The smallest absolute Gasteiger partial charge is 0.265 e. The summed E-state index contributed by atoms with van der Waals surface area (Å²) in [6, 6.07) is 11.9. The SMILES string of the molecule is O=C1COc2ccccc2N1CCC(=O)N(Cc1cccs1)C1CC1. The summed E-state index contributed by atoms with van der Waals surface area (Å²) in [5.41, 5.74) is 0.753. The fraction of sp³-hybridized carbons (Fsp3) is 0.368. The van der Waals surface area contributed by atoms with Crippen LogP contribution < -0.4 is 9.64 Å². The molecule has 0 bridgehead atoms. The van der Waals surface area contributed by atoms with Crippen molar-refractivity contribution in [2.75, 3.05) is 18.1 Å². The number of thiophene rings is 1. The zero-order valence-electron chi connectivity index (χ0n) is 13.9. The third-order valence-electron chi connectivity index (χ3n) is 4.57. The van der Waals surface area contributed by atoms with Crippen molar-refractivity contribution in [2.24, 2.45) is 0 Å². The standard InChI is InChI=1S/C19H20N2O3S/c22-18(21(14-7-8-14)12-15-4-3-11-25-15)9-10-20-16-5-1-2-6-17(16)24-13-19(20)23/h1-6,11,14H,7-10,12-13H2. The lowest BCUT2D eigenvalue weighted by atomic mass is 10.2. The Hall–Kier alpha value is -2.34. The maximum Gasteiger partial charge on any atom is 0.265 e. The largest absolute Gasteiger partial charge is 0.482 e. The molecule has 1 aromatic carbocycles. The van der Waals surface area contributed by atoms with Crippen molar-refractivity contribution in [3.05, 3.63) is 46.7 Å². The molecule has 0 spiro atoms. The number of amides is 2. The van der Waals surface area contributed by atoms with E-state index in [9.17, 15) is 9.59 Å². The predicted molar refractivity (Wildman–Crippen MR) is 96.8 cm³/mol. The lowest BCUT2D eigenvalue weighted by Crippen LogP contribution is -2.42. The first-order chi connectivity index (χ1) is 12.2. The first-order valence-electron chi connectivity index (χ1n) is 8.56. The number of para-hydroxylation sites is 2. The summed E-state index contributed by atoms with van der Waals surface area (Å²) in [7, 11) is 0. The average Bonchev–Trinajstić information content (AvgIpc) is 3.34. The monoisotopic (exact) mass is 356 g/mol. The van der Waals surface area contributed by atoms with Crippen LogP contribution in [-0.2, 0) is 16.1 Å². The van der Waals surface area contributed by atoms with Gasteiger partial charge < -0.3 is 14.5 Å². The van der Waals surface area contributed by atoms with Crippen molar-refractivity contribution in [3.8, 4) is 5.75 Å². The summed E-state index contributed by atoms with van der Waals surface area (Å²) < 4.78 is 5.45. The van der Waals surface area contributed by atoms with Gasteiger partial charge in [0.1, 0.15) is 5.75 Å². The molecule has 2 heterocycles. The van der Waals surface area contributed by atoms with Gasteiger partial charge in [0.05, 0.1) is 12.2 Å². The van der Waals surface area contributed by atoms with E-state index in [2.05, 4.69) is 6.07 Å². The van der Waals surface area contributed by atoms with Crippen LogP contribution in [0.25, 0.3) is 0 Å². The van der Waals surface area contributed by atoms with E-state index >= 15 is 0 Å². The number of nitrogens with zero attached hydrogens (tertiary/aromatic N) is 2. The van der Waals surface area contributed by atoms with E-state index in [0.717, 1.165) is 18.5 Å². The van der Waals surface area contributed by atoms with Gasteiger partial charge in [0.2, 0.25) is 5.91 Å². The number of carbonyl (C=O) groups is 2. The summed E-state index contributed by atoms with van der Waals surface area (Å²) >= 11 is 1.68. The predicted octanol–water partition coefficient (Wildman–Crippen LogP) is 3.05. The van der Waals surface area contributed by atoms with Crippen molar-refractivity contribution >= 4 is 28.8 Å². The van der Waals surface area contributed by atoms with Gasteiger partial charge in [-0.3, -0.25) is 9.59 Å². The van der Waals surface area contributed by atoms with Gasteiger partial charge in [-0.2, -0.15) is 0 Å². The Morgan fingerprint density at radius 1 is 1.24 bits per heavy atom. The number of anilines is 1. The first-order valence-corrected chi connectivity index (χ1v) is 9.44. The van der Waals surface area contributed by atoms with E-state index in [1.54, 1.807) is 16.2 Å². The Labute approximate surface area is 150 Å². The lowest BCUT2D eigenvalue weighted by Gasteiger charge is -2.30. The van der Waals surface area contributed by atoms with Crippen LogP contribution >= 0.6 is 11.3 Å². The van der Waals surface area contributed by atoms with Crippen LogP contribution in [0.5, 0.6) is 5.75 Å². The van der Waals surface area contributed by atoms with Crippen LogP contribution in [0, 0.1) is 0 Å². The molecule has 1 fully saturated rings. The van der Waals surface area contributed by atoms with E-state index in [1.165, 1.54) is 4.88 Å². The summed E-state index contributed by atoms with van der Waals surface area (Å²) in [4.78, 5) is 29.8. The number of hydrogen-bond acceptors (Lipinski definition) is 4. The Kier molecular flexibility index (Phi) is 4.44. The molecule has 2 amide bonds. The van der Waals surface area contributed by atoms with Gasteiger partial charge in [-0.25, -0.2) is 0 Å². The molecule has 0 N–H and O–H groups in total. The molecule has 2 aromatic rings. The number of fused-ring (bicyclic) bond motifs is 1. The van der Waals surface area contributed by atoms with Crippen LogP contribution in [0.3, 0.4) is 0 Å².